The lowest BCUT2D eigenvalue weighted by Crippen LogP contribution is -2.41. The Morgan fingerprint density at radius 1 is 1.19 bits per heavy atom. The Hall–Kier alpha value is -3.12. The summed E-state index contributed by atoms with van der Waals surface area (Å²) in [5.74, 6) is 1.25. The standard InChI is InChI=1S/C21H21N3O3/c1-26-16-6-4-5-15(13-16)14-17(21(25)24-9-11-27-12-10-24)20-22-18-7-2-3-8-19(18)23-20/h2-8,13-14H,9-12H2,1H3,(H,22,23). The van der Waals surface area contributed by atoms with Gasteiger partial charge in [-0.25, -0.2) is 4.98 Å². The number of nitrogens with one attached hydrogen (secondary N) is 1. The van der Waals surface area contributed by atoms with Crippen LogP contribution in [-0.2, 0) is 9.53 Å². The number of aromatic amines is 1. The predicted molar refractivity (Wildman–Crippen MR) is 104 cm³/mol. The average molecular weight is 363 g/mol. The quantitative estimate of drug-likeness (QED) is 0.724. The summed E-state index contributed by atoms with van der Waals surface area (Å²) in [6.45, 7) is 2.26. The number of hydrogen-bond acceptors (Lipinski definition) is 4. The van der Waals surface area contributed by atoms with Crippen molar-refractivity contribution < 1.29 is 14.3 Å². The van der Waals surface area contributed by atoms with Crippen LogP contribution >= 0.6 is 0 Å². The van der Waals surface area contributed by atoms with Crippen LogP contribution in [-0.4, -0.2) is 54.2 Å². The number of nitrogens with zero attached hydrogens (tertiary/aromatic N) is 2. The van der Waals surface area contributed by atoms with Crippen LogP contribution in [0.5, 0.6) is 5.75 Å². The first-order valence-corrected chi connectivity index (χ1v) is 8.92. The molecule has 0 atom stereocenters. The van der Waals surface area contributed by atoms with Crippen molar-refractivity contribution in [3.05, 3.63) is 59.9 Å². The van der Waals surface area contributed by atoms with Crippen LogP contribution in [0.3, 0.4) is 0 Å². The van der Waals surface area contributed by atoms with Gasteiger partial charge in [0.25, 0.3) is 5.91 Å². The number of carbonyl (C=O) groups is 1. The zero-order valence-corrected chi connectivity index (χ0v) is 15.1. The summed E-state index contributed by atoms with van der Waals surface area (Å²) >= 11 is 0. The Morgan fingerprint density at radius 3 is 2.78 bits per heavy atom. The highest BCUT2D eigenvalue weighted by Crippen LogP contribution is 2.24. The molecule has 1 amide bonds. The molecule has 6 heteroatoms. The van der Waals surface area contributed by atoms with Gasteiger partial charge in [-0.3, -0.25) is 4.79 Å². The molecule has 0 spiro atoms. The van der Waals surface area contributed by atoms with Crippen molar-refractivity contribution in [1.29, 1.82) is 0 Å². The minimum atomic E-state index is -0.0554. The van der Waals surface area contributed by atoms with E-state index >= 15 is 0 Å². The number of rotatable bonds is 4. The van der Waals surface area contributed by atoms with E-state index in [1.165, 1.54) is 0 Å². The maximum atomic E-state index is 13.2. The van der Waals surface area contributed by atoms with Gasteiger partial charge < -0.3 is 19.4 Å². The largest absolute Gasteiger partial charge is 0.497 e. The third kappa shape index (κ3) is 3.71. The second kappa shape index (κ2) is 7.63. The van der Waals surface area contributed by atoms with E-state index in [0.717, 1.165) is 22.3 Å². The molecule has 0 unspecified atom stereocenters. The van der Waals surface area contributed by atoms with Crippen molar-refractivity contribution >= 4 is 28.6 Å². The molecule has 1 aliphatic rings. The van der Waals surface area contributed by atoms with Crippen LogP contribution in [0, 0.1) is 0 Å². The number of imidazole rings is 1. The van der Waals surface area contributed by atoms with Crippen molar-refractivity contribution in [1.82, 2.24) is 14.9 Å². The lowest BCUT2D eigenvalue weighted by atomic mass is 10.1. The summed E-state index contributed by atoms with van der Waals surface area (Å²) in [4.78, 5) is 23.0. The number of para-hydroxylation sites is 2. The summed E-state index contributed by atoms with van der Waals surface area (Å²) in [6.07, 6.45) is 1.86. The molecular formula is C21H21N3O3. The molecule has 1 aliphatic heterocycles. The molecule has 0 radical (unpaired) electrons. The normalized spacial score (nSPS) is 15.1. The SMILES string of the molecule is COc1cccc(C=C(C(=O)N2CCOCC2)c2nc3ccccc3[nH]2)c1. The molecule has 1 saturated heterocycles. The molecule has 1 aromatic heterocycles. The first kappa shape index (κ1) is 17.3. The second-order valence-corrected chi connectivity index (χ2v) is 6.34. The number of carbonyl (C=O) groups excluding carboxylic acids is 1. The molecule has 0 bridgehead atoms. The first-order valence-electron chi connectivity index (χ1n) is 8.92. The minimum Gasteiger partial charge on any atom is -0.497 e. The molecule has 1 N–H and O–H groups in total. The van der Waals surface area contributed by atoms with Gasteiger partial charge >= 0.3 is 0 Å². The lowest BCUT2D eigenvalue weighted by molar-refractivity contribution is -0.128. The van der Waals surface area contributed by atoms with Gasteiger partial charge in [-0.15, -0.1) is 0 Å². The van der Waals surface area contributed by atoms with Crippen LogP contribution in [0.25, 0.3) is 22.7 Å². The van der Waals surface area contributed by atoms with Crippen molar-refractivity contribution in [2.75, 3.05) is 33.4 Å². The van der Waals surface area contributed by atoms with Crippen LogP contribution in [0.4, 0.5) is 0 Å². The van der Waals surface area contributed by atoms with Crippen molar-refractivity contribution in [2.45, 2.75) is 0 Å². The Morgan fingerprint density at radius 2 is 2.00 bits per heavy atom. The molecule has 27 heavy (non-hydrogen) atoms. The van der Waals surface area contributed by atoms with Gasteiger partial charge in [0.1, 0.15) is 11.6 Å². The number of H-pyrrole nitrogens is 1. The monoisotopic (exact) mass is 363 g/mol. The number of morpholine rings is 1. The molecule has 4 rings (SSSR count). The third-order valence-corrected chi connectivity index (χ3v) is 4.58. The summed E-state index contributed by atoms with van der Waals surface area (Å²) in [6, 6.07) is 15.4. The third-order valence-electron chi connectivity index (χ3n) is 4.58. The van der Waals surface area contributed by atoms with E-state index in [1.54, 1.807) is 7.11 Å². The van der Waals surface area contributed by atoms with Crippen molar-refractivity contribution in [2.24, 2.45) is 0 Å². The van der Waals surface area contributed by atoms with Crippen LogP contribution < -0.4 is 4.74 Å². The molecule has 3 aromatic rings. The van der Waals surface area contributed by atoms with Crippen molar-refractivity contribution in [3.63, 3.8) is 0 Å². The highest BCUT2D eigenvalue weighted by Gasteiger charge is 2.24. The van der Waals surface area contributed by atoms with E-state index in [9.17, 15) is 4.79 Å². The van der Waals surface area contributed by atoms with Gasteiger partial charge in [-0.2, -0.15) is 0 Å². The minimum absolute atomic E-state index is 0.0554. The number of ether oxygens (including phenoxy) is 2. The maximum absolute atomic E-state index is 13.2. The van der Waals surface area contributed by atoms with Gasteiger partial charge in [0.05, 0.1) is 36.9 Å². The second-order valence-electron chi connectivity index (χ2n) is 6.34. The molecule has 2 heterocycles. The maximum Gasteiger partial charge on any atom is 0.257 e. The number of methoxy groups -OCH3 is 1. The Bertz CT molecular complexity index is 954. The summed E-state index contributed by atoms with van der Waals surface area (Å²) in [7, 11) is 1.63. The lowest BCUT2D eigenvalue weighted by Gasteiger charge is -2.27. The van der Waals surface area contributed by atoms with Crippen molar-refractivity contribution in [3.8, 4) is 5.75 Å². The topological polar surface area (TPSA) is 67.4 Å². The van der Waals surface area contributed by atoms with Crippen LogP contribution in [0.2, 0.25) is 0 Å². The number of benzene rings is 2. The van der Waals surface area contributed by atoms with Gasteiger partial charge in [-0.05, 0) is 35.9 Å². The zero-order valence-electron chi connectivity index (χ0n) is 15.1. The molecular weight excluding hydrogens is 342 g/mol. The summed E-state index contributed by atoms with van der Waals surface area (Å²) < 4.78 is 10.7. The van der Waals surface area contributed by atoms with Gasteiger partial charge in [-0.1, -0.05) is 24.3 Å². The first-order chi connectivity index (χ1) is 13.2. The molecule has 2 aromatic carbocycles. The smallest absolute Gasteiger partial charge is 0.257 e. The predicted octanol–water partition coefficient (Wildman–Crippen LogP) is 2.97. The van der Waals surface area contributed by atoms with E-state index in [-0.39, 0.29) is 5.91 Å². The number of fused-ring (bicyclic) bond motifs is 1. The van der Waals surface area contributed by atoms with Gasteiger partial charge in [0.2, 0.25) is 0 Å². The van der Waals surface area contributed by atoms with E-state index in [0.29, 0.717) is 37.7 Å². The van der Waals surface area contributed by atoms with E-state index in [2.05, 4.69) is 9.97 Å². The van der Waals surface area contributed by atoms with Gasteiger partial charge in [0.15, 0.2) is 0 Å². The fraction of sp³-hybridized carbons (Fsp3) is 0.238. The Labute approximate surface area is 157 Å². The molecule has 6 nitrogen and oxygen atoms in total. The van der Waals surface area contributed by atoms with E-state index in [1.807, 2.05) is 59.5 Å². The Balaban J connectivity index is 1.78. The number of hydrogen-bond donors (Lipinski definition) is 1. The number of amides is 1. The van der Waals surface area contributed by atoms with E-state index < -0.39 is 0 Å². The highest BCUT2D eigenvalue weighted by atomic mass is 16.5. The number of aromatic nitrogens is 2. The van der Waals surface area contributed by atoms with Crippen LogP contribution in [0.1, 0.15) is 11.4 Å². The highest BCUT2D eigenvalue weighted by molar-refractivity contribution is 6.23. The fourth-order valence-corrected chi connectivity index (χ4v) is 3.15. The molecule has 0 saturated carbocycles. The Kier molecular flexibility index (Phi) is 4.89. The molecule has 0 aliphatic carbocycles. The zero-order chi connectivity index (χ0) is 18.6. The summed E-state index contributed by atoms with van der Waals surface area (Å²) in [5.41, 5.74) is 3.14. The van der Waals surface area contributed by atoms with Gasteiger partial charge in [0, 0.05) is 13.1 Å². The fourth-order valence-electron chi connectivity index (χ4n) is 3.15. The summed E-state index contributed by atoms with van der Waals surface area (Å²) in [5, 5.41) is 0. The molecule has 1 fully saturated rings. The van der Waals surface area contributed by atoms with E-state index in [4.69, 9.17) is 9.47 Å². The van der Waals surface area contributed by atoms with Crippen LogP contribution in [0.15, 0.2) is 48.5 Å². The molecule has 138 valence electrons. The average Bonchev–Trinajstić information content (AvgIpc) is 3.16.